The van der Waals surface area contributed by atoms with Crippen LogP contribution in [-0.2, 0) is 6.61 Å². The van der Waals surface area contributed by atoms with Gasteiger partial charge in [-0.15, -0.1) is 10.2 Å². The van der Waals surface area contributed by atoms with Gasteiger partial charge >= 0.3 is 0 Å². The molecule has 0 amide bonds. The van der Waals surface area contributed by atoms with Crippen molar-refractivity contribution in [2.24, 2.45) is 0 Å². The van der Waals surface area contributed by atoms with Crippen LogP contribution in [0.5, 0.6) is 5.75 Å². The first-order valence-electron chi connectivity index (χ1n) is 7.99. The Hall–Kier alpha value is -2.12. The molecule has 0 saturated carbocycles. The Morgan fingerprint density at radius 2 is 2.00 bits per heavy atom. The Kier molecular flexibility index (Phi) is 6.11. The lowest BCUT2D eigenvalue weighted by atomic mass is 10.1. The van der Waals surface area contributed by atoms with Crippen molar-refractivity contribution in [1.29, 1.82) is 0 Å². The third kappa shape index (κ3) is 4.95. The van der Waals surface area contributed by atoms with Crippen molar-refractivity contribution in [3.8, 4) is 5.75 Å². The number of nitrogens with zero attached hydrogens (tertiary/aromatic N) is 2. The number of aryl methyl sites for hydroxylation is 1. The zero-order chi connectivity index (χ0) is 18.5. The second kappa shape index (κ2) is 8.51. The van der Waals surface area contributed by atoms with Crippen LogP contribution < -0.4 is 4.74 Å². The maximum Gasteiger partial charge on any atom is 0.277 e. The molecule has 0 aliphatic heterocycles. The average molecular weight is 433 g/mol. The van der Waals surface area contributed by atoms with Gasteiger partial charge in [0, 0.05) is 10.0 Å². The molecule has 3 rings (SSSR count). The van der Waals surface area contributed by atoms with E-state index in [2.05, 4.69) is 26.1 Å². The van der Waals surface area contributed by atoms with Crippen LogP contribution in [0.15, 0.2) is 62.6 Å². The summed E-state index contributed by atoms with van der Waals surface area (Å²) in [6.07, 6.45) is 0. The first-order chi connectivity index (χ1) is 12.5. The average Bonchev–Trinajstić information content (AvgIpc) is 3.07. The van der Waals surface area contributed by atoms with Crippen LogP contribution in [0, 0.1) is 6.92 Å². The van der Waals surface area contributed by atoms with E-state index in [-0.39, 0.29) is 17.6 Å². The fraction of sp³-hybridized carbons (Fsp3) is 0.211. The number of hydrogen-bond donors (Lipinski definition) is 0. The highest BCUT2D eigenvalue weighted by atomic mass is 79.9. The maximum absolute atomic E-state index is 12.5. The van der Waals surface area contributed by atoms with Gasteiger partial charge in [-0.05, 0) is 43.7 Å². The molecule has 0 fully saturated rings. The molecule has 0 N–H and O–H groups in total. The van der Waals surface area contributed by atoms with E-state index >= 15 is 0 Å². The van der Waals surface area contributed by atoms with Gasteiger partial charge in [-0.25, -0.2) is 0 Å². The molecule has 1 aromatic heterocycles. The van der Waals surface area contributed by atoms with E-state index in [1.165, 1.54) is 11.8 Å². The van der Waals surface area contributed by atoms with Crippen molar-refractivity contribution >= 4 is 33.5 Å². The van der Waals surface area contributed by atoms with Gasteiger partial charge in [0.1, 0.15) is 5.75 Å². The molecular weight excluding hydrogens is 416 g/mol. The number of carbonyl (C=O) groups is 1. The molecule has 1 unspecified atom stereocenters. The van der Waals surface area contributed by atoms with Crippen LogP contribution in [0.25, 0.3) is 0 Å². The van der Waals surface area contributed by atoms with Gasteiger partial charge in [0.2, 0.25) is 0 Å². The van der Waals surface area contributed by atoms with Crippen LogP contribution in [0.1, 0.15) is 28.7 Å². The van der Waals surface area contributed by atoms with Crippen molar-refractivity contribution in [1.82, 2.24) is 10.2 Å². The van der Waals surface area contributed by atoms with E-state index in [9.17, 15) is 4.79 Å². The minimum Gasteiger partial charge on any atom is -0.484 e. The fourth-order valence-electron chi connectivity index (χ4n) is 2.25. The number of hydrogen-bond acceptors (Lipinski definition) is 6. The smallest absolute Gasteiger partial charge is 0.277 e. The molecule has 3 aromatic rings. The number of thioether (sulfide) groups is 1. The minimum absolute atomic E-state index is 0.0123. The lowest BCUT2D eigenvalue weighted by Gasteiger charge is -2.07. The number of rotatable bonds is 7. The van der Waals surface area contributed by atoms with E-state index in [0.717, 1.165) is 15.8 Å². The van der Waals surface area contributed by atoms with Crippen molar-refractivity contribution in [3.05, 3.63) is 70.0 Å². The Labute approximate surface area is 164 Å². The van der Waals surface area contributed by atoms with Crippen molar-refractivity contribution < 1.29 is 13.9 Å². The summed E-state index contributed by atoms with van der Waals surface area (Å²) in [5, 5.41) is 7.97. The van der Waals surface area contributed by atoms with E-state index in [1.54, 1.807) is 12.1 Å². The third-order valence-corrected chi connectivity index (χ3v) is 5.04. The number of Topliss-reactive ketones (excluding diaryl/α,β-unsaturated/α-hetero) is 1. The Morgan fingerprint density at radius 1 is 1.23 bits per heavy atom. The van der Waals surface area contributed by atoms with Gasteiger partial charge < -0.3 is 9.15 Å². The Morgan fingerprint density at radius 3 is 2.73 bits per heavy atom. The van der Waals surface area contributed by atoms with Gasteiger partial charge in [0.05, 0.1) is 5.25 Å². The summed E-state index contributed by atoms with van der Waals surface area (Å²) >= 11 is 4.60. The zero-order valence-electron chi connectivity index (χ0n) is 14.3. The predicted molar refractivity (Wildman–Crippen MR) is 104 cm³/mol. The summed E-state index contributed by atoms with van der Waals surface area (Å²) in [6.45, 7) is 4.01. The van der Waals surface area contributed by atoms with Gasteiger partial charge in [-0.3, -0.25) is 4.79 Å². The van der Waals surface area contributed by atoms with Crippen molar-refractivity contribution in [2.75, 3.05) is 0 Å². The molecule has 0 radical (unpaired) electrons. The molecule has 2 aromatic carbocycles. The normalized spacial score (nSPS) is 12.0. The van der Waals surface area contributed by atoms with Crippen LogP contribution in [-0.4, -0.2) is 21.2 Å². The third-order valence-electron chi connectivity index (χ3n) is 3.58. The molecule has 0 spiro atoms. The highest BCUT2D eigenvalue weighted by molar-refractivity contribution is 9.10. The van der Waals surface area contributed by atoms with Gasteiger partial charge in [-0.1, -0.05) is 52.0 Å². The molecule has 1 atom stereocenters. The molecule has 0 bridgehead atoms. The highest BCUT2D eigenvalue weighted by Gasteiger charge is 2.20. The number of ether oxygens (including phenoxy) is 1. The van der Waals surface area contributed by atoms with Crippen LogP contribution in [0.2, 0.25) is 0 Å². The lowest BCUT2D eigenvalue weighted by molar-refractivity contribution is 0.0993. The molecule has 134 valence electrons. The first kappa shape index (κ1) is 18.7. The second-order valence-electron chi connectivity index (χ2n) is 5.70. The van der Waals surface area contributed by atoms with E-state index in [4.69, 9.17) is 9.15 Å². The van der Waals surface area contributed by atoms with E-state index < -0.39 is 0 Å². The second-order valence-corrected chi connectivity index (χ2v) is 7.91. The van der Waals surface area contributed by atoms with Crippen molar-refractivity contribution in [2.45, 2.75) is 30.9 Å². The summed E-state index contributed by atoms with van der Waals surface area (Å²) in [7, 11) is 0. The minimum atomic E-state index is -0.331. The number of benzene rings is 2. The molecule has 0 aliphatic carbocycles. The number of carbonyl (C=O) groups excluding carboxylic acids is 1. The number of halogens is 1. The maximum atomic E-state index is 12.5. The SMILES string of the molecule is Cc1cccc(OCc2nnc(SC(C)C(=O)c3ccc(Br)cc3)o2)c1. The molecule has 26 heavy (non-hydrogen) atoms. The van der Waals surface area contributed by atoms with Gasteiger partial charge in [-0.2, -0.15) is 0 Å². The fourth-order valence-corrected chi connectivity index (χ4v) is 3.29. The Balaban J connectivity index is 1.57. The summed E-state index contributed by atoms with van der Waals surface area (Å²) in [5.41, 5.74) is 1.76. The van der Waals surface area contributed by atoms with Crippen molar-refractivity contribution in [3.63, 3.8) is 0 Å². The highest BCUT2D eigenvalue weighted by Crippen LogP contribution is 2.25. The lowest BCUT2D eigenvalue weighted by Crippen LogP contribution is -2.13. The Bertz CT molecular complexity index is 896. The number of ketones is 1. The molecular formula is C19H17BrN2O3S. The summed E-state index contributed by atoms with van der Waals surface area (Å²) in [6, 6.07) is 15.0. The summed E-state index contributed by atoms with van der Waals surface area (Å²) in [4.78, 5) is 12.5. The molecule has 5 nitrogen and oxygen atoms in total. The molecule has 0 aliphatic rings. The molecule has 1 heterocycles. The van der Waals surface area contributed by atoms with E-state index in [0.29, 0.717) is 16.7 Å². The summed E-state index contributed by atoms with van der Waals surface area (Å²) in [5.74, 6) is 1.13. The topological polar surface area (TPSA) is 65.2 Å². The zero-order valence-corrected chi connectivity index (χ0v) is 16.7. The van der Waals surface area contributed by atoms with Gasteiger partial charge in [0.15, 0.2) is 12.4 Å². The first-order valence-corrected chi connectivity index (χ1v) is 9.67. The predicted octanol–water partition coefficient (Wildman–Crippen LogP) is 5.08. The monoisotopic (exact) mass is 432 g/mol. The van der Waals surface area contributed by atoms with Crippen LogP contribution in [0.4, 0.5) is 0 Å². The standard InChI is InChI=1S/C19H17BrN2O3S/c1-12-4-3-5-16(10-12)24-11-17-21-22-19(25-17)26-13(2)18(23)14-6-8-15(20)9-7-14/h3-10,13H,11H2,1-2H3. The molecule has 7 heteroatoms. The largest absolute Gasteiger partial charge is 0.484 e. The summed E-state index contributed by atoms with van der Waals surface area (Å²) < 4.78 is 12.1. The molecule has 0 saturated heterocycles. The number of aromatic nitrogens is 2. The van der Waals surface area contributed by atoms with Gasteiger partial charge in [0.25, 0.3) is 11.1 Å². The van der Waals surface area contributed by atoms with Crippen LogP contribution >= 0.6 is 27.7 Å². The quantitative estimate of drug-likeness (QED) is 0.382. The van der Waals surface area contributed by atoms with Crippen LogP contribution in [0.3, 0.4) is 0 Å². The van der Waals surface area contributed by atoms with E-state index in [1.807, 2.05) is 50.2 Å².